The van der Waals surface area contributed by atoms with E-state index < -0.39 is 10.8 Å². The van der Waals surface area contributed by atoms with Crippen LogP contribution in [0.2, 0.25) is 0 Å². The Kier molecular flexibility index (Phi) is 5.87. The van der Waals surface area contributed by atoms with Crippen LogP contribution < -0.4 is 0 Å². The predicted molar refractivity (Wildman–Crippen MR) is 127 cm³/mol. The van der Waals surface area contributed by atoms with E-state index in [1.54, 1.807) is 10.8 Å². The van der Waals surface area contributed by atoms with Crippen LogP contribution >= 0.6 is 0 Å². The predicted octanol–water partition coefficient (Wildman–Crippen LogP) is 3.41. The molecule has 164 valence electrons. The van der Waals surface area contributed by atoms with Crippen LogP contribution in [0.3, 0.4) is 0 Å². The summed E-state index contributed by atoms with van der Waals surface area (Å²) in [6.45, 7) is 2.75. The molecule has 2 aromatic heterocycles. The van der Waals surface area contributed by atoms with E-state index in [0.717, 1.165) is 65.3 Å². The number of hydrogen-bond donors (Lipinski definition) is 1. The summed E-state index contributed by atoms with van der Waals surface area (Å²) in [6, 6.07) is 16.3. The summed E-state index contributed by atoms with van der Waals surface area (Å²) in [7, 11) is -1.03. The number of nitrogens with zero attached hydrogens (tertiary/aromatic N) is 4. The first kappa shape index (κ1) is 21.0. The summed E-state index contributed by atoms with van der Waals surface area (Å²) in [5.41, 5.74) is 6.05. The summed E-state index contributed by atoms with van der Waals surface area (Å²) in [6.07, 6.45) is 9.06. The maximum Gasteiger partial charge on any atom is 0.162 e. The van der Waals surface area contributed by atoms with Crippen molar-refractivity contribution >= 4 is 16.4 Å². The van der Waals surface area contributed by atoms with E-state index in [2.05, 4.69) is 39.2 Å². The van der Waals surface area contributed by atoms with E-state index >= 15 is 0 Å². The normalized spacial score (nSPS) is 17.8. The SMILES string of the molecule is CS(=O)c1cccc(-c2cnn3cc(-c4ccc(CCN5CCC(O)C5)cc4)cnc23)c1. The lowest BCUT2D eigenvalue weighted by Gasteiger charge is -2.14. The van der Waals surface area contributed by atoms with Gasteiger partial charge in [0.1, 0.15) is 0 Å². The molecule has 1 saturated heterocycles. The first-order chi connectivity index (χ1) is 15.6. The zero-order valence-corrected chi connectivity index (χ0v) is 18.8. The number of benzene rings is 2. The van der Waals surface area contributed by atoms with E-state index in [4.69, 9.17) is 0 Å². The van der Waals surface area contributed by atoms with E-state index in [-0.39, 0.29) is 6.10 Å². The van der Waals surface area contributed by atoms with Crippen molar-refractivity contribution < 1.29 is 9.32 Å². The molecule has 6 nitrogen and oxygen atoms in total. The van der Waals surface area contributed by atoms with Crippen LogP contribution in [0, 0.1) is 0 Å². The number of fused-ring (bicyclic) bond motifs is 1. The highest BCUT2D eigenvalue weighted by Crippen LogP contribution is 2.27. The third-order valence-electron chi connectivity index (χ3n) is 6.08. The highest BCUT2D eigenvalue weighted by atomic mass is 32.2. The third kappa shape index (κ3) is 4.37. The van der Waals surface area contributed by atoms with Gasteiger partial charge in [0.25, 0.3) is 0 Å². The fraction of sp³-hybridized carbons (Fsp3) is 0.280. The molecule has 0 bridgehead atoms. The molecule has 5 rings (SSSR count). The summed E-state index contributed by atoms with van der Waals surface area (Å²) in [4.78, 5) is 7.79. The first-order valence-corrected chi connectivity index (χ1v) is 12.4. The molecule has 1 N–H and O–H groups in total. The average molecular weight is 447 g/mol. The van der Waals surface area contributed by atoms with Crippen molar-refractivity contribution in [1.29, 1.82) is 0 Å². The first-order valence-electron chi connectivity index (χ1n) is 10.8. The zero-order chi connectivity index (χ0) is 22.1. The number of aromatic nitrogens is 3. The zero-order valence-electron chi connectivity index (χ0n) is 18.0. The van der Waals surface area contributed by atoms with Gasteiger partial charge in [-0.2, -0.15) is 5.10 Å². The minimum Gasteiger partial charge on any atom is -0.392 e. The Hall–Kier alpha value is -2.87. The van der Waals surface area contributed by atoms with Gasteiger partial charge < -0.3 is 10.0 Å². The van der Waals surface area contributed by atoms with Gasteiger partial charge in [-0.1, -0.05) is 36.4 Å². The highest BCUT2D eigenvalue weighted by molar-refractivity contribution is 7.84. The molecule has 0 saturated carbocycles. The maximum absolute atomic E-state index is 11.8. The molecule has 7 heteroatoms. The second-order valence-corrected chi connectivity index (χ2v) is 9.72. The minimum absolute atomic E-state index is 0.165. The summed E-state index contributed by atoms with van der Waals surface area (Å²) in [5.74, 6) is 0. The van der Waals surface area contributed by atoms with Crippen molar-refractivity contribution in [3.8, 4) is 22.3 Å². The lowest BCUT2D eigenvalue weighted by molar-refractivity contribution is 0.177. The Labute approximate surface area is 190 Å². The van der Waals surface area contributed by atoms with E-state index in [0.29, 0.717) is 0 Å². The average Bonchev–Trinajstić information content (AvgIpc) is 3.43. The number of rotatable bonds is 6. The maximum atomic E-state index is 11.8. The monoisotopic (exact) mass is 446 g/mol. The molecule has 0 amide bonds. The number of β-amino-alcohol motifs (C(OH)–C–C–N with tert-alkyl or cyclic N) is 1. The molecule has 0 aliphatic carbocycles. The lowest BCUT2D eigenvalue weighted by atomic mass is 10.0. The number of aliphatic hydroxyl groups is 1. The quantitative estimate of drug-likeness (QED) is 0.492. The molecule has 1 aliphatic rings. The van der Waals surface area contributed by atoms with Crippen LogP contribution in [0.5, 0.6) is 0 Å². The summed E-state index contributed by atoms with van der Waals surface area (Å²) < 4.78 is 13.6. The summed E-state index contributed by atoms with van der Waals surface area (Å²) >= 11 is 0. The molecular formula is C25H26N4O2S. The molecule has 0 radical (unpaired) electrons. The Morgan fingerprint density at radius 3 is 2.69 bits per heavy atom. The fourth-order valence-electron chi connectivity index (χ4n) is 4.24. The third-order valence-corrected chi connectivity index (χ3v) is 7.00. The number of likely N-dealkylation sites (tertiary alicyclic amines) is 1. The van der Waals surface area contributed by atoms with Crippen molar-refractivity contribution in [3.63, 3.8) is 0 Å². The van der Waals surface area contributed by atoms with Crippen LogP contribution in [0.15, 0.2) is 72.0 Å². The smallest absolute Gasteiger partial charge is 0.162 e. The van der Waals surface area contributed by atoms with Gasteiger partial charge in [0.2, 0.25) is 0 Å². The van der Waals surface area contributed by atoms with Crippen molar-refractivity contribution in [2.45, 2.75) is 23.8 Å². The number of hydrogen-bond acceptors (Lipinski definition) is 5. The van der Waals surface area contributed by atoms with Crippen molar-refractivity contribution in [2.75, 3.05) is 25.9 Å². The highest BCUT2D eigenvalue weighted by Gasteiger charge is 2.19. The Bertz CT molecular complexity index is 1270. The molecule has 1 aliphatic heterocycles. The van der Waals surface area contributed by atoms with Crippen LogP contribution in [-0.4, -0.2) is 60.8 Å². The molecule has 1 fully saturated rings. The molecule has 2 atom stereocenters. The lowest BCUT2D eigenvalue weighted by Crippen LogP contribution is -2.24. The molecular weight excluding hydrogens is 420 g/mol. The second kappa shape index (κ2) is 8.94. The van der Waals surface area contributed by atoms with Gasteiger partial charge >= 0.3 is 0 Å². The molecule has 32 heavy (non-hydrogen) atoms. The van der Waals surface area contributed by atoms with Crippen LogP contribution in [0.1, 0.15) is 12.0 Å². The Balaban J connectivity index is 1.34. The minimum atomic E-state index is -1.03. The van der Waals surface area contributed by atoms with Gasteiger partial charge in [0.15, 0.2) is 5.65 Å². The van der Waals surface area contributed by atoms with E-state index in [1.165, 1.54) is 5.56 Å². The Morgan fingerprint density at radius 1 is 1.09 bits per heavy atom. The largest absolute Gasteiger partial charge is 0.392 e. The second-order valence-electron chi connectivity index (χ2n) is 8.34. The van der Waals surface area contributed by atoms with Gasteiger partial charge in [0, 0.05) is 65.1 Å². The van der Waals surface area contributed by atoms with Crippen molar-refractivity contribution in [3.05, 3.63) is 72.7 Å². The molecule has 4 aromatic rings. The molecule has 2 aromatic carbocycles. The van der Waals surface area contributed by atoms with Gasteiger partial charge in [0.05, 0.1) is 12.3 Å². The van der Waals surface area contributed by atoms with Crippen LogP contribution in [-0.2, 0) is 17.2 Å². The van der Waals surface area contributed by atoms with Crippen molar-refractivity contribution in [1.82, 2.24) is 19.5 Å². The molecule has 3 heterocycles. The fourth-order valence-corrected chi connectivity index (χ4v) is 4.80. The van der Waals surface area contributed by atoms with E-state index in [1.807, 2.05) is 42.9 Å². The van der Waals surface area contributed by atoms with Gasteiger partial charge in [-0.3, -0.25) is 4.21 Å². The van der Waals surface area contributed by atoms with Crippen LogP contribution in [0.25, 0.3) is 27.9 Å². The van der Waals surface area contributed by atoms with Crippen molar-refractivity contribution in [2.24, 2.45) is 0 Å². The van der Waals surface area contributed by atoms with E-state index in [9.17, 15) is 9.32 Å². The van der Waals surface area contributed by atoms with Gasteiger partial charge in [-0.25, -0.2) is 9.50 Å². The summed E-state index contributed by atoms with van der Waals surface area (Å²) in [5, 5.41) is 14.2. The standard InChI is InChI=1S/C25H26N4O2S/c1-32(31)23-4-2-3-20(13-23)24-15-27-29-16-21(14-26-25(24)29)19-7-5-18(6-8-19)9-11-28-12-10-22(30)17-28/h2-8,13-16,22,30H,9-12,17H2,1H3. The Morgan fingerprint density at radius 2 is 1.94 bits per heavy atom. The number of aliphatic hydroxyl groups excluding tert-OH is 1. The van der Waals surface area contributed by atoms with Crippen LogP contribution in [0.4, 0.5) is 0 Å². The van der Waals surface area contributed by atoms with Gasteiger partial charge in [-0.05, 0) is 41.7 Å². The van der Waals surface area contributed by atoms with Gasteiger partial charge in [-0.15, -0.1) is 0 Å². The molecule has 2 unspecified atom stereocenters. The molecule has 0 spiro atoms. The topological polar surface area (TPSA) is 70.7 Å².